The molecule has 2 amide bonds. The molecule has 0 bridgehead atoms. The molecular weight excluding hydrogens is 379 g/mol. The number of halogens is 1. The number of hydrogen-bond acceptors (Lipinski definition) is 5. The summed E-state index contributed by atoms with van der Waals surface area (Å²) in [6, 6.07) is 13.6. The quantitative estimate of drug-likeness (QED) is 0.687. The van der Waals surface area contributed by atoms with Crippen LogP contribution in [0.15, 0.2) is 48.5 Å². The second-order valence-corrected chi connectivity index (χ2v) is 7.55. The fourth-order valence-corrected chi connectivity index (χ4v) is 3.90. The van der Waals surface area contributed by atoms with E-state index in [9.17, 15) is 9.18 Å². The number of fused-ring (bicyclic) bond motifs is 1. The first-order chi connectivity index (χ1) is 13.7. The van der Waals surface area contributed by atoms with Crippen LogP contribution in [0, 0.1) is 5.82 Å². The summed E-state index contributed by atoms with van der Waals surface area (Å²) in [6.45, 7) is 0.539. The first kappa shape index (κ1) is 18.4. The van der Waals surface area contributed by atoms with E-state index >= 15 is 0 Å². The average Bonchev–Trinajstić information content (AvgIpc) is 3.02. The lowest BCUT2D eigenvalue weighted by Crippen LogP contribution is -2.32. The molecule has 0 spiro atoms. The number of amides is 2. The summed E-state index contributed by atoms with van der Waals surface area (Å²) >= 11 is 1.33. The Balaban J connectivity index is 1.40. The maximum Gasteiger partial charge on any atom is 0.321 e. The summed E-state index contributed by atoms with van der Waals surface area (Å²) in [6.07, 6.45) is 2.09. The maximum atomic E-state index is 13.7. The Bertz CT molecular complexity index is 964. The molecule has 2 heterocycles. The molecule has 1 aromatic heterocycles. The minimum atomic E-state index is -0.399. The molecule has 0 fully saturated rings. The van der Waals surface area contributed by atoms with Crippen LogP contribution in [0.3, 0.4) is 0 Å². The van der Waals surface area contributed by atoms with Crippen LogP contribution in [0.1, 0.15) is 35.0 Å². The lowest BCUT2D eigenvalue weighted by Gasteiger charge is -2.18. The number of nitrogens with zero attached hydrogens (tertiary/aromatic N) is 2. The van der Waals surface area contributed by atoms with Crippen LogP contribution in [-0.4, -0.2) is 22.8 Å². The number of carbonyl (C=O) groups is 1. The molecule has 0 aliphatic carbocycles. The van der Waals surface area contributed by atoms with Gasteiger partial charge in [-0.15, -0.1) is 10.2 Å². The Morgan fingerprint density at radius 2 is 2.07 bits per heavy atom. The van der Waals surface area contributed by atoms with Crippen molar-refractivity contribution >= 4 is 22.5 Å². The first-order valence-corrected chi connectivity index (χ1v) is 9.85. The molecule has 1 aliphatic rings. The van der Waals surface area contributed by atoms with E-state index < -0.39 is 6.03 Å². The highest BCUT2D eigenvalue weighted by Gasteiger charge is 2.22. The van der Waals surface area contributed by atoms with Crippen molar-refractivity contribution in [1.29, 1.82) is 0 Å². The molecule has 6 nitrogen and oxygen atoms in total. The summed E-state index contributed by atoms with van der Waals surface area (Å²) in [5.74, 6) is 0.247. The Kier molecular flexibility index (Phi) is 5.48. The highest BCUT2D eigenvalue weighted by Crippen LogP contribution is 2.32. The fourth-order valence-electron chi connectivity index (χ4n) is 3.14. The lowest BCUT2D eigenvalue weighted by molar-refractivity contribution is 0.247. The van der Waals surface area contributed by atoms with Gasteiger partial charge in [0.1, 0.15) is 16.6 Å². The summed E-state index contributed by atoms with van der Waals surface area (Å²) < 4.78 is 19.3. The third-order valence-electron chi connectivity index (χ3n) is 4.43. The number of ether oxygens (including phenoxy) is 1. The SMILES string of the molecule is O=C(Nc1nnc(Cc2ccccc2)s1)N[C@@H]1CCCOc2ccc(F)cc21. The molecule has 1 atom stereocenters. The van der Waals surface area contributed by atoms with E-state index in [2.05, 4.69) is 20.8 Å². The molecule has 8 heteroatoms. The molecule has 3 aromatic rings. The first-order valence-electron chi connectivity index (χ1n) is 9.03. The maximum absolute atomic E-state index is 13.7. The predicted molar refractivity (Wildman–Crippen MR) is 105 cm³/mol. The van der Waals surface area contributed by atoms with Crippen LogP contribution in [0.25, 0.3) is 0 Å². The van der Waals surface area contributed by atoms with Crippen molar-refractivity contribution in [3.8, 4) is 5.75 Å². The molecule has 4 rings (SSSR count). The smallest absolute Gasteiger partial charge is 0.321 e. The van der Waals surface area contributed by atoms with Crippen LogP contribution < -0.4 is 15.4 Å². The van der Waals surface area contributed by atoms with Gasteiger partial charge in [0.2, 0.25) is 5.13 Å². The number of aromatic nitrogens is 2. The van der Waals surface area contributed by atoms with Gasteiger partial charge in [0.15, 0.2) is 0 Å². The molecule has 1 aliphatic heterocycles. The summed E-state index contributed by atoms with van der Waals surface area (Å²) in [5, 5.41) is 15.0. The lowest BCUT2D eigenvalue weighted by atomic mass is 10.0. The van der Waals surface area contributed by atoms with Crippen molar-refractivity contribution in [2.75, 3.05) is 11.9 Å². The highest BCUT2D eigenvalue weighted by atomic mass is 32.1. The Hall–Kier alpha value is -3.00. The van der Waals surface area contributed by atoms with E-state index in [4.69, 9.17) is 4.74 Å². The molecule has 2 aromatic carbocycles. The molecule has 0 saturated carbocycles. The van der Waals surface area contributed by atoms with Gasteiger partial charge in [0.05, 0.1) is 12.6 Å². The van der Waals surface area contributed by atoms with Crippen LogP contribution in [0.4, 0.5) is 14.3 Å². The van der Waals surface area contributed by atoms with Crippen molar-refractivity contribution in [3.05, 3.63) is 70.5 Å². The Labute approximate surface area is 165 Å². The molecule has 2 N–H and O–H groups in total. The minimum absolute atomic E-state index is 0.329. The molecule has 144 valence electrons. The zero-order chi connectivity index (χ0) is 19.3. The third kappa shape index (κ3) is 4.45. The molecule has 0 saturated heterocycles. The molecule has 0 unspecified atom stereocenters. The predicted octanol–water partition coefficient (Wildman–Crippen LogP) is 4.30. The van der Waals surface area contributed by atoms with Gasteiger partial charge in [-0.2, -0.15) is 0 Å². The summed E-state index contributed by atoms with van der Waals surface area (Å²) in [4.78, 5) is 12.4. The topological polar surface area (TPSA) is 76.1 Å². The number of anilines is 1. The fraction of sp³-hybridized carbons (Fsp3) is 0.250. The van der Waals surface area contributed by atoms with Crippen molar-refractivity contribution in [3.63, 3.8) is 0 Å². The second kappa shape index (κ2) is 8.35. The summed E-state index contributed by atoms with van der Waals surface area (Å²) in [7, 11) is 0. The molecular formula is C20H19FN4O2S. The van der Waals surface area contributed by atoms with E-state index in [1.165, 1.54) is 23.5 Å². The second-order valence-electron chi connectivity index (χ2n) is 6.49. The van der Waals surface area contributed by atoms with Gasteiger partial charge >= 0.3 is 6.03 Å². The number of rotatable bonds is 4. The van der Waals surface area contributed by atoms with Crippen LogP contribution in [0.2, 0.25) is 0 Å². The van der Waals surface area contributed by atoms with E-state index in [0.29, 0.717) is 35.9 Å². The Morgan fingerprint density at radius 3 is 2.93 bits per heavy atom. The zero-order valence-corrected chi connectivity index (χ0v) is 15.8. The third-order valence-corrected chi connectivity index (χ3v) is 5.27. The zero-order valence-electron chi connectivity index (χ0n) is 15.0. The largest absolute Gasteiger partial charge is 0.493 e. The van der Waals surface area contributed by atoms with Crippen molar-refractivity contribution < 1.29 is 13.9 Å². The highest BCUT2D eigenvalue weighted by molar-refractivity contribution is 7.15. The summed E-state index contributed by atoms with van der Waals surface area (Å²) in [5.41, 5.74) is 1.78. The van der Waals surface area contributed by atoms with E-state index in [1.807, 2.05) is 30.3 Å². The normalized spacial score (nSPS) is 15.8. The monoisotopic (exact) mass is 398 g/mol. The van der Waals surface area contributed by atoms with Gasteiger partial charge in [-0.25, -0.2) is 9.18 Å². The number of hydrogen-bond donors (Lipinski definition) is 2. The molecule has 28 heavy (non-hydrogen) atoms. The van der Waals surface area contributed by atoms with Crippen molar-refractivity contribution in [2.45, 2.75) is 25.3 Å². The Morgan fingerprint density at radius 1 is 1.21 bits per heavy atom. The van der Waals surface area contributed by atoms with Crippen molar-refractivity contribution in [2.24, 2.45) is 0 Å². The number of benzene rings is 2. The standard InChI is InChI=1S/C20H19FN4O2S/c21-14-8-9-17-15(12-14)16(7-4-10-27-17)22-19(26)23-20-25-24-18(28-20)11-13-5-2-1-3-6-13/h1-3,5-6,8-9,12,16H,4,7,10-11H2,(H2,22,23,25,26)/t16-/m1/s1. The average molecular weight is 398 g/mol. The van der Waals surface area contributed by atoms with Crippen molar-refractivity contribution in [1.82, 2.24) is 15.5 Å². The van der Waals surface area contributed by atoms with E-state index in [-0.39, 0.29) is 11.9 Å². The van der Waals surface area contributed by atoms with Crippen LogP contribution in [0.5, 0.6) is 5.75 Å². The number of urea groups is 1. The van der Waals surface area contributed by atoms with Gasteiger partial charge in [0, 0.05) is 12.0 Å². The number of nitrogens with one attached hydrogen (secondary N) is 2. The van der Waals surface area contributed by atoms with Gasteiger partial charge in [-0.05, 0) is 36.6 Å². The van der Waals surface area contributed by atoms with Gasteiger partial charge in [-0.1, -0.05) is 41.7 Å². The van der Waals surface area contributed by atoms with Gasteiger partial charge in [-0.3, -0.25) is 5.32 Å². The van der Waals surface area contributed by atoms with Crippen LogP contribution >= 0.6 is 11.3 Å². The van der Waals surface area contributed by atoms with E-state index in [0.717, 1.165) is 17.0 Å². The van der Waals surface area contributed by atoms with Gasteiger partial charge in [0.25, 0.3) is 0 Å². The minimum Gasteiger partial charge on any atom is -0.493 e. The molecule has 0 radical (unpaired) electrons. The van der Waals surface area contributed by atoms with Crippen LogP contribution in [-0.2, 0) is 6.42 Å². The van der Waals surface area contributed by atoms with E-state index in [1.54, 1.807) is 6.07 Å². The number of carbonyl (C=O) groups excluding carboxylic acids is 1. The van der Waals surface area contributed by atoms with Gasteiger partial charge < -0.3 is 10.1 Å².